The first kappa shape index (κ1) is 19.2. The van der Waals surface area contributed by atoms with Crippen molar-refractivity contribution in [1.29, 1.82) is 0 Å². The summed E-state index contributed by atoms with van der Waals surface area (Å²) in [5, 5.41) is 3.41. The molecule has 1 atom stereocenters. The monoisotopic (exact) mass is 348 g/mol. The van der Waals surface area contributed by atoms with Crippen LogP contribution in [0.5, 0.6) is 0 Å². The minimum Gasteiger partial charge on any atom is -0.370 e. The molecule has 1 saturated heterocycles. The SMILES string of the molecule is CN=C(NCC(C)(C)c1cccc(F)c1)N1CCCC(CC(N)=O)C1. The van der Waals surface area contributed by atoms with E-state index >= 15 is 0 Å². The van der Waals surface area contributed by atoms with Crippen LogP contribution >= 0.6 is 0 Å². The summed E-state index contributed by atoms with van der Waals surface area (Å²) in [6, 6.07) is 6.71. The first-order valence-corrected chi connectivity index (χ1v) is 8.82. The van der Waals surface area contributed by atoms with Gasteiger partial charge in [-0.2, -0.15) is 0 Å². The van der Waals surface area contributed by atoms with Crippen LogP contribution in [-0.2, 0) is 10.2 Å². The summed E-state index contributed by atoms with van der Waals surface area (Å²) >= 11 is 0. The first-order valence-electron chi connectivity index (χ1n) is 8.82. The normalized spacial score (nSPS) is 19.0. The minimum atomic E-state index is -0.248. The van der Waals surface area contributed by atoms with E-state index in [1.165, 1.54) is 6.07 Å². The molecule has 1 aliphatic rings. The second kappa shape index (κ2) is 8.32. The number of amides is 1. The molecule has 5 nitrogen and oxygen atoms in total. The maximum absolute atomic E-state index is 13.5. The van der Waals surface area contributed by atoms with Gasteiger partial charge in [0, 0.05) is 38.5 Å². The highest BCUT2D eigenvalue weighted by molar-refractivity contribution is 5.80. The number of benzene rings is 1. The van der Waals surface area contributed by atoms with Crippen LogP contribution in [0.4, 0.5) is 4.39 Å². The van der Waals surface area contributed by atoms with Crippen LogP contribution in [0.3, 0.4) is 0 Å². The summed E-state index contributed by atoms with van der Waals surface area (Å²) < 4.78 is 13.5. The molecule has 1 heterocycles. The fraction of sp³-hybridized carbons (Fsp3) is 0.579. The molecular formula is C19H29FN4O. The van der Waals surface area contributed by atoms with Gasteiger partial charge in [0.25, 0.3) is 0 Å². The van der Waals surface area contributed by atoms with E-state index in [1.807, 2.05) is 6.07 Å². The van der Waals surface area contributed by atoms with Gasteiger partial charge in [0.05, 0.1) is 0 Å². The number of piperidine rings is 1. The van der Waals surface area contributed by atoms with Crippen LogP contribution < -0.4 is 11.1 Å². The lowest BCUT2D eigenvalue weighted by atomic mass is 9.84. The summed E-state index contributed by atoms with van der Waals surface area (Å²) in [6.45, 7) is 6.49. The molecule has 3 N–H and O–H groups in total. The van der Waals surface area contributed by atoms with Crippen LogP contribution in [0, 0.1) is 11.7 Å². The number of carbonyl (C=O) groups is 1. The summed E-state index contributed by atoms with van der Waals surface area (Å²) in [7, 11) is 1.76. The first-order chi connectivity index (χ1) is 11.8. The zero-order valence-electron chi connectivity index (χ0n) is 15.4. The van der Waals surface area contributed by atoms with Crippen LogP contribution in [0.2, 0.25) is 0 Å². The zero-order valence-corrected chi connectivity index (χ0v) is 15.4. The molecule has 0 saturated carbocycles. The molecule has 0 aromatic heterocycles. The highest BCUT2D eigenvalue weighted by Crippen LogP contribution is 2.23. The lowest BCUT2D eigenvalue weighted by Gasteiger charge is -2.36. The van der Waals surface area contributed by atoms with Gasteiger partial charge in [-0.3, -0.25) is 9.79 Å². The number of nitrogens with one attached hydrogen (secondary N) is 1. The number of nitrogens with two attached hydrogens (primary N) is 1. The summed E-state index contributed by atoms with van der Waals surface area (Å²) in [5.41, 5.74) is 6.05. The summed E-state index contributed by atoms with van der Waals surface area (Å²) in [5.74, 6) is 0.627. The molecular weight excluding hydrogens is 319 g/mol. The van der Waals surface area contributed by atoms with E-state index in [4.69, 9.17) is 5.73 Å². The van der Waals surface area contributed by atoms with E-state index in [9.17, 15) is 9.18 Å². The molecule has 0 aliphatic carbocycles. The van der Waals surface area contributed by atoms with Crippen molar-refractivity contribution in [3.63, 3.8) is 0 Å². The molecule has 1 unspecified atom stereocenters. The van der Waals surface area contributed by atoms with Gasteiger partial charge in [-0.15, -0.1) is 0 Å². The number of carbonyl (C=O) groups excluding carboxylic acids is 1. The lowest BCUT2D eigenvalue weighted by Crippen LogP contribution is -2.49. The highest BCUT2D eigenvalue weighted by atomic mass is 19.1. The third-order valence-electron chi connectivity index (χ3n) is 4.81. The Morgan fingerprint density at radius 1 is 1.48 bits per heavy atom. The zero-order chi connectivity index (χ0) is 18.4. The van der Waals surface area contributed by atoms with Crippen molar-refractivity contribution < 1.29 is 9.18 Å². The smallest absolute Gasteiger partial charge is 0.217 e. The van der Waals surface area contributed by atoms with Crippen molar-refractivity contribution in [2.75, 3.05) is 26.7 Å². The predicted octanol–water partition coefficient (Wildman–Crippen LogP) is 2.27. The van der Waals surface area contributed by atoms with Crippen molar-refractivity contribution in [1.82, 2.24) is 10.2 Å². The van der Waals surface area contributed by atoms with Crippen molar-refractivity contribution in [2.45, 2.75) is 38.5 Å². The molecule has 0 bridgehead atoms. The number of hydrogen-bond acceptors (Lipinski definition) is 2. The van der Waals surface area contributed by atoms with Crippen molar-refractivity contribution >= 4 is 11.9 Å². The van der Waals surface area contributed by atoms with E-state index in [-0.39, 0.29) is 23.1 Å². The number of halogens is 1. The van der Waals surface area contributed by atoms with Gasteiger partial charge < -0.3 is 16.0 Å². The molecule has 6 heteroatoms. The molecule has 0 spiro atoms. The number of hydrogen-bond donors (Lipinski definition) is 2. The standard InChI is InChI=1S/C19H29FN4O/c1-19(2,15-7-4-8-16(20)11-15)13-23-18(22-3)24-9-5-6-14(12-24)10-17(21)25/h4,7-8,11,14H,5-6,9-10,12-13H2,1-3H3,(H2,21,25)(H,22,23). The van der Waals surface area contributed by atoms with Crippen LogP contribution in [0.25, 0.3) is 0 Å². The molecule has 1 amide bonds. The Kier molecular flexibility index (Phi) is 6.39. The fourth-order valence-corrected chi connectivity index (χ4v) is 3.35. The molecule has 1 aliphatic heterocycles. The number of likely N-dealkylation sites (tertiary alicyclic amines) is 1. The second-order valence-corrected chi connectivity index (χ2v) is 7.42. The van der Waals surface area contributed by atoms with Crippen LogP contribution in [0.1, 0.15) is 38.7 Å². The average Bonchev–Trinajstić information content (AvgIpc) is 2.55. The van der Waals surface area contributed by atoms with Gasteiger partial charge in [0.1, 0.15) is 5.82 Å². The van der Waals surface area contributed by atoms with Crippen molar-refractivity contribution in [3.8, 4) is 0 Å². The van der Waals surface area contributed by atoms with E-state index < -0.39 is 0 Å². The average molecular weight is 348 g/mol. The topological polar surface area (TPSA) is 70.7 Å². The Morgan fingerprint density at radius 3 is 2.88 bits per heavy atom. The number of nitrogens with zero attached hydrogens (tertiary/aromatic N) is 2. The maximum atomic E-state index is 13.5. The Labute approximate surface area is 149 Å². The molecule has 25 heavy (non-hydrogen) atoms. The van der Waals surface area contributed by atoms with Crippen molar-refractivity contribution in [2.24, 2.45) is 16.6 Å². The van der Waals surface area contributed by atoms with Gasteiger partial charge in [0.15, 0.2) is 5.96 Å². The van der Waals surface area contributed by atoms with Gasteiger partial charge in [-0.05, 0) is 36.5 Å². The molecule has 138 valence electrons. The van der Waals surface area contributed by atoms with E-state index in [0.29, 0.717) is 13.0 Å². The Balaban J connectivity index is 1.98. The largest absolute Gasteiger partial charge is 0.370 e. The maximum Gasteiger partial charge on any atom is 0.217 e. The Morgan fingerprint density at radius 2 is 2.24 bits per heavy atom. The van der Waals surface area contributed by atoms with Gasteiger partial charge >= 0.3 is 0 Å². The van der Waals surface area contributed by atoms with Gasteiger partial charge in [-0.25, -0.2) is 4.39 Å². The number of aliphatic imine (C=N–C) groups is 1. The lowest BCUT2D eigenvalue weighted by molar-refractivity contribution is -0.119. The minimum absolute atomic E-state index is 0.222. The number of rotatable bonds is 5. The fourth-order valence-electron chi connectivity index (χ4n) is 3.35. The third-order valence-corrected chi connectivity index (χ3v) is 4.81. The third kappa shape index (κ3) is 5.44. The van der Waals surface area contributed by atoms with Gasteiger partial charge in [0.2, 0.25) is 5.91 Å². The molecule has 0 radical (unpaired) electrons. The molecule has 1 fully saturated rings. The summed E-state index contributed by atoms with van der Waals surface area (Å²) in [4.78, 5) is 17.7. The Bertz CT molecular complexity index is 630. The number of guanidine groups is 1. The highest BCUT2D eigenvalue weighted by Gasteiger charge is 2.26. The molecule has 2 rings (SSSR count). The molecule has 1 aromatic rings. The van der Waals surface area contributed by atoms with Crippen LogP contribution in [-0.4, -0.2) is 43.4 Å². The quantitative estimate of drug-likeness (QED) is 0.633. The van der Waals surface area contributed by atoms with E-state index in [0.717, 1.165) is 37.5 Å². The van der Waals surface area contributed by atoms with Crippen LogP contribution in [0.15, 0.2) is 29.3 Å². The predicted molar refractivity (Wildman–Crippen MR) is 98.9 cm³/mol. The van der Waals surface area contributed by atoms with Gasteiger partial charge in [-0.1, -0.05) is 26.0 Å². The number of primary amides is 1. The van der Waals surface area contributed by atoms with Crippen molar-refractivity contribution in [3.05, 3.63) is 35.6 Å². The summed E-state index contributed by atoms with van der Waals surface area (Å²) in [6.07, 6.45) is 2.46. The van der Waals surface area contributed by atoms with E-state index in [1.54, 1.807) is 19.2 Å². The molecule has 1 aromatic carbocycles. The Hall–Kier alpha value is -2.11. The second-order valence-electron chi connectivity index (χ2n) is 7.42. The van der Waals surface area contributed by atoms with E-state index in [2.05, 4.69) is 29.1 Å².